The van der Waals surface area contributed by atoms with Gasteiger partial charge in [-0.3, -0.25) is 15.1 Å². The second-order valence-electron chi connectivity index (χ2n) is 8.82. The first kappa shape index (κ1) is 23.7. The van der Waals surface area contributed by atoms with E-state index in [9.17, 15) is 9.90 Å². The summed E-state index contributed by atoms with van der Waals surface area (Å²) in [6.07, 6.45) is 5.64. The number of pyridine rings is 1. The number of nitrogens with zero attached hydrogens (tertiary/aromatic N) is 3. The van der Waals surface area contributed by atoms with Crippen molar-refractivity contribution in [2.75, 3.05) is 5.32 Å². The molecule has 7 nitrogen and oxygen atoms in total. The molecule has 182 valence electrons. The number of thiophene rings is 1. The van der Waals surface area contributed by atoms with E-state index in [2.05, 4.69) is 76.5 Å². The van der Waals surface area contributed by atoms with Crippen LogP contribution in [0.1, 0.15) is 16.8 Å². The highest BCUT2D eigenvalue weighted by Gasteiger charge is 2.19. The molecule has 0 amide bonds. The Balaban J connectivity index is 1.31. The van der Waals surface area contributed by atoms with Gasteiger partial charge in [0.25, 0.3) is 0 Å². The van der Waals surface area contributed by atoms with Crippen LogP contribution in [0.15, 0.2) is 78.7 Å². The molecule has 5 rings (SSSR count). The summed E-state index contributed by atoms with van der Waals surface area (Å²) in [7, 11) is 1.87. The number of fused-ring (bicyclic) bond motifs is 1. The van der Waals surface area contributed by atoms with E-state index in [0.29, 0.717) is 13.0 Å². The molecule has 0 saturated heterocycles. The normalized spacial score (nSPS) is 12.1. The number of aromatic nitrogens is 3. The fourth-order valence-electron chi connectivity index (χ4n) is 4.26. The molecule has 0 spiro atoms. The predicted octanol–water partition coefficient (Wildman–Crippen LogP) is 5.53. The Morgan fingerprint density at radius 3 is 2.69 bits per heavy atom. The lowest BCUT2D eigenvalue weighted by molar-refractivity contribution is -0.139. The molecule has 5 aromatic rings. The summed E-state index contributed by atoms with van der Waals surface area (Å²) in [5.74, 6) is -0.898. The third-order valence-electron chi connectivity index (χ3n) is 6.18. The van der Waals surface area contributed by atoms with Gasteiger partial charge in [0.1, 0.15) is 11.6 Å². The van der Waals surface area contributed by atoms with Crippen LogP contribution in [0.25, 0.3) is 21.3 Å². The smallest absolute Gasteiger partial charge is 0.321 e. The highest BCUT2D eigenvalue weighted by molar-refractivity contribution is 7.17. The van der Waals surface area contributed by atoms with Crippen LogP contribution >= 0.6 is 11.3 Å². The number of rotatable bonds is 9. The number of benzene rings is 2. The van der Waals surface area contributed by atoms with Crippen molar-refractivity contribution in [1.29, 1.82) is 0 Å². The minimum Gasteiger partial charge on any atom is -0.480 e. The number of hydrogen-bond donors (Lipinski definition) is 3. The molecule has 36 heavy (non-hydrogen) atoms. The number of carboxylic acid groups (broad SMARTS) is 1. The zero-order valence-electron chi connectivity index (χ0n) is 20.1. The lowest BCUT2D eigenvalue weighted by Gasteiger charge is -2.14. The fourth-order valence-corrected chi connectivity index (χ4v) is 5.17. The summed E-state index contributed by atoms with van der Waals surface area (Å²) in [4.78, 5) is 20.7. The van der Waals surface area contributed by atoms with Gasteiger partial charge in [-0.1, -0.05) is 42.5 Å². The Hall–Kier alpha value is -4.01. The number of aliphatic carboxylic acids is 1. The molecule has 0 aliphatic heterocycles. The molecule has 8 heteroatoms. The number of nitrogens with one attached hydrogen (secondary N) is 2. The topological polar surface area (TPSA) is 92.1 Å². The quantitative estimate of drug-likeness (QED) is 0.248. The van der Waals surface area contributed by atoms with Gasteiger partial charge in [0, 0.05) is 43.5 Å². The van der Waals surface area contributed by atoms with Crippen LogP contribution in [0.5, 0.6) is 0 Å². The number of carboxylic acids is 1. The van der Waals surface area contributed by atoms with Crippen LogP contribution < -0.4 is 10.6 Å². The number of hydrogen-bond acceptors (Lipinski definition) is 6. The van der Waals surface area contributed by atoms with Gasteiger partial charge in [0.2, 0.25) is 0 Å². The number of anilines is 2. The summed E-state index contributed by atoms with van der Waals surface area (Å²) in [6, 6.07) is 18.0. The first-order chi connectivity index (χ1) is 17.5. The highest BCUT2D eigenvalue weighted by Crippen LogP contribution is 2.35. The Kier molecular flexibility index (Phi) is 6.79. The summed E-state index contributed by atoms with van der Waals surface area (Å²) >= 11 is 1.62. The van der Waals surface area contributed by atoms with Gasteiger partial charge in [-0.2, -0.15) is 0 Å². The summed E-state index contributed by atoms with van der Waals surface area (Å²) < 4.78 is 2.86. The highest BCUT2D eigenvalue weighted by atomic mass is 32.1. The largest absolute Gasteiger partial charge is 0.480 e. The molecule has 0 aliphatic rings. The lowest BCUT2D eigenvalue weighted by Crippen LogP contribution is -2.38. The van der Waals surface area contributed by atoms with Crippen molar-refractivity contribution in [1.82, 2.24) is 19.9 Å². The van der Waals surface area contributed by atoms with E-state index < -0.39 is 12.0 Å². The third kappa shape index (κ3) is 5.15. The monoisotopic (exact) mass is 497 g/mol. The lowest BCUT2D eigenvalue weighted by atomic mass is 9.99. The number of imidazole rings is 1. The van der Waals surface area contributed by atoms with Crippen LogP contribution in [0.4, 0.5) is 11.4 Å². The molecule has 0 radical (unpaired) electrons. The molecule has 2 aromatic carbocycles. The van der Waals surface area contributed by atoms with Crippen LogP contribution in [-0.2, 0) is 24.8 Å². The molecule has 3 aromatic heterocycles. The van der Waals surface area contributed by atoms with E-state index in [4.69, 9.17) is 4.98 Å². The Bertz CT molecular complexity index is 1510. The molecule has 3 heterocycles. The average Bonchev–Trinajstić information content (AvgIpc) is 3.48. The molecular weight excluding hydrogens is 470 g/mol. The van der Waals surface area contributed by atoms with E-state index in [-0.39, 0.29) is 0 Å². The molecule has 0 bridgehead atoms. The molecular formula is C28H27N5O2S. The minimum atomic E-state index is -0.898. The van der Waals surface area contributed by atoms with Crippen LogP contribution in [-0.4, -0.2) is 31.7 Å². The van der Waals surface area contributed by atoms with Crippen molar-refractivity contribution in [3.8, 4) is 11.1 Å². The van der Waals surface area contributed by atoms with Gasteiger partial charge in [-0.05, 0) is 41.3 Å². The van der Waals surface area contributed by atoms with Gasteiger partial charge in [-0.15, -0.1) is 11.3 Å². The minimum absolute atomic E-state index is 0.320. The van der Waals surface area contributed by atoms with Crippen molar-refractivity contribution in [2.45, 2.75) is 25.9 Å². The van der Waals surface area contributed by atoms with Gasteiger partial charge in [0.05, 0.1) is 22.4 Å². The van der Waals surface area contributed by atoms with Gasteiger partial charge >= 0.3 is 5.97 Å². The predicted molar refractivity (Wildman–Crippen MR) is 145 cm³/mol. The Morgan fingerprint density at radius 2 is 1.94 bits per heavy atom. The van der Waals surface area contributed by atoms with Crippen LogP contribution in [0.2, 0.25) is 0 Å². The molecule has 1 atom stereocenters. The number of aryl methyl sites for hydroxylation is 1. The van der Waals surface area contributed by atoms with E-state index in [0.717, 1.165) is 32.8 Å². The van der Waals surface area contributed by atoms with E-state index >= 15 is 0 Å². The third-order valence-corrected chi connectivity index (χ3v) is 7.10. The van der Waals surface area contributed by atoms with Crippen molar-refractivity contribution in [3.05, 3.63) is 95.5 Å². The van der Waals surface area contributed by atoms with Crippen LogP contribution in [0, 0.1) is 6.92 Å². The summed E-state index contributed by atoms with van der Waals surface area (Å²) in [6.45, 7) is 2.53. The average molecular weight is 498 g/mol. The zero-order chi connectivity index (χ0) is 25.1. The van der Waals surface area contributed by atoms with Crippen LogP contribution in [0.3, 0.4) is 0 Å². The maximum Gasteiger partial charge on any atom is 0.321 e. The molecule has 0 fully saturated rings. The Labute approximate surface area is 213 Å². The molecule has 1 unspecified atom stereocenters. The van der Waals surface area contributed by atoms with Crippen molar-refractivity contribution in [3.63, 3.8) is 0 Å². The second-order valence-corrected chi connectivity index (χ2v) is 9.73. The second kappa shape index (κ2) is 10.3. The number of carbonyl (C=O) groups is 1. The fraction of sp³-hybridized carbons (Fsp3) is 0.179. The SMILES string of the molecule is Cc1c(Nc2csc3cc(CNC(Cc4cn(C)cn4)C(=O)O)cnc23)cccc1-c1ccccc1. The van der Waals surface area contributed by atoms with E-state index in [1.165, 1.54) is 16.7 Å². The Morgan fingerprint density at radius 1 is 1.11 bits per heavy atom. The summed E-state index contributed by atoms with van der Waals surface area (Å²) in [5, 5.41) is 18.4. The molecule has 0 aliphatic carbocycles. The first-order valence-electron chi connectivity index (χ1n) is 11.7. The molecule has 3 N–H and O–H groups in total. The molecule has 0 saturated carbocycles. The first-order valence-corrected chi connectivity index (χ1v) is 12.6. The van der Waals surface area contributed by atoms with Crippen molar-refractivity contribution < 1.29 is 9.90 Å². The summed E-state index contributed by atoms with van der Waals surface area (Å²) in [5.41, 5.74) is 8.14. The standard InChI is InChI=1S/C28H27N5O2S/c1-18-22(20-7-4-3-5-8-20)9-6-10-23(18)32-25-16-36-26-11-19(14-30-27(25)26)13-29-24(28(34)35)12-21-15-33(2)17-31-21/h3-11,14-17,24,29,32H,12-13H2,1-2H3,(H,34,35). The zero-order valence-corrected chi connectivity index (χ0v) is 20.9. The maximum atomic E-state index is 11.7. The van der Waals surface area contributed by atoms with Crippen molar-refractivity contribution in [2.24, 2.45) is 7.05 Å². The van der Waals surface area contributed by atoms with Gasteiger partial charge < -0.3 is 15.0 Å². The van der Waals surface area contributed by atoms with Gasteiger partial charge in [0.15, 0.2) is 0 Å². The van der Waals surface area contributed by atoms with Crippen molar-refractivity contribution >= 4 is 38.9 Å². The van der Waals surface area contributed by atoms with Gasteiger partial charge in [-0.25, -0.2) is 4.98 Å². The van der Waals surface area contributed by atoms with E-state index in [1.807, 2.05) is 23.9 Å². The van der Waals surface area contributed by atoms with E-state index in [1.54, 1.807) is 23.9 Å². The maximum absolute atomic E-state index is 11.7.